The third kappa shape index (κ3) is 3.07. The highest BCUT2D eigenvalue weighted by molar-refractivity contribution is 5.66. The lowest BCUT2D eigenvalue weighted by atomic mass is 10.1. The number of fused-ring (bicyclic) bond motifs is 2. The Balaban J connectivity index is 1.66. The predicted molar refractivity (Wildman–Crippen MR) is 109 cm³/mol. The van der Waals surface area contributed by atoms with Crippen molar-refractivity contribution in [3.8, 4) is 28.4 Å². The van der Waals surface area contributed by atoms with E-state index in [4.69, 9.17) is 9.47 Å². The summed E-state index contributed by atoms with van der Waals surface area (Å²) in [6.07, 6.45) is 8.29. The molecule has 2 aromatic carbocycles. The molecule has 4 heteroatoms. The van der Waals surface area contributed by atoms with Crippen LogP contribution in [0, 0.1) is 0 Å². The summed E-state index contributed by atoms with van der Waals surface area (Å²) in [5.74, 6) is 3.08. The maximum Gasteiger partial charge on any atom is 0.262 e. The van der Waals surface area contributed by atoms with Crippen molar-refractivity contribution in [1.82, 2.24) is 4.57 Å². The van der Waals surface area contributed by atoms with Gasteiger partial charge in [0, 0.05) is 12.0 Å². The molecular weight excluding hydrogens is 348 g/mol. The Morgan fingerprint density at radius 2 is 1.75 bits per heavy atom. The number of ether oxygens (including phenoxy) is 2. The second kappa shape index (κ2) is 7.34. The lowest BCUT2D eigenvalue weighted by Crippen LogP contribution is -2.35. The summed E-state index contributed by atoms with van der Waals surface area (Å²) in [5.41, 5.74) is 5.00. The van der Waals surface area contributed by atoms with Gasteiger partial charge in [-0.15, -0.1) is 0 Å². The van der Waals surface area contributed by atoms with Gasteiger partial charge >= 0.3 is 0 Å². The van der Waals surface area contributed by atoms with Crippen LogP contribution in [0.3, 0.4) is 0 Å². The third-order valence-corrected chi connectivity index (χ3v) is 5.85. The molecule has 2 aliphatic heterocycles. The van der Waals surface area contributed by atoms with E-state index in [9.17, 15) is 0 Å². The SMILES string of the molecule is CCc1ccc(-n2c(-c3ccc4c(c3)OCCO4)c[n+]3c2CCCCC3)cc1. The molecule has 0 aliphatic carbocycles. The molecule has 0 spiro atoms. The molecule has 3 aromatic rings. The van der Waals surface area contributed by atoms with Gasteiger partial charge in [0.1, 0.15) is 25.1 Å². The minimum atomic E-state index is 0.612. The van der Waals surface area contributed by atoms with E-state index >= 15 is 0 Å². The number of hydrogen-bond donors (Lipinski definition) is 0. The van der Waals surface area contributed by atoms with Gasteiger partial charge in [-0.3, -0.25) is 0 Å². The number of benzene rings is 2. The molecule has 2 aliphatic rings. The van der Waals surface area contributed by atoms with Gasteiger partial charge in [-0.05, 0) is 61.6 Å². The molecule has 5 rings (SSSR count). The van der Waals surface area contributed by atoms with Crippen molar-refractivity contribution >= 4 is 0 Å². The summed E-state index contributed by atoms with van der Waals surface area (Å²) in [5, 5.41) is 0. The number of rotatable bonds is 3. The van der Waals surface area contributed by atoms with Crippen LogP contribution in [0.25, 0.3) is 16.9 Å². The van der Waals surface area contributed by atoms with Gasteiger partial charge in [-0.1, -0.05) is 19.1 Å². The van der Waals surface area contributed by atoms with E-state index < -0.39 is 0 Å². The van der Waals surface area contributed by atoms with Crippen molar-refractivity contribution in [3.05, 3.63) is 60.0 Å². The molecule has 0 atom stereocenters. The Morgan fingerprint density at radius 1 is 0.929 bits per heavy atom. The molecule has 0 N–H and O–H groups in total. The van der Waals surface area contributed by atoms with Crippen molar-refractivity contribution in [3.63, 3.8) is 0 Å². The quantitative estimate of drug-likeness (QED) is 0.631. The Hall–Kier alpha value is -2.75. The Bertz CT molecular complexity index is 989. The van der Waals surface area contributed by atoms with Crippen LogP contribution < -0.4 is 14.0 Å². The second-order valence-corrected chi connectivity index (χ2v) is 7.65. The Morgan fingerprint density at radius 3 is 2.57 bits per heavy atom. The van der Waals surface area contributed by atoms with E-state index in [1.807, 2.05) is 6.07 Å². The molecule has 3 heterocycles. The van der Waals surface area contributed by atoms with E-state index in [0.717, 1.165) is 30.9 Å². The van der Waals surface area contributed by atoms with Crippen LogP contribution in [-0.2, 0) is 19.4 Å². The first-order valence-corrected chi connectivity index (χ1v) is 10.5. The van der Waals surface area contributed by atoms with E-state index in [1.165, 1.54) is 47.6 Å². The molecule has 0 fully saturated rings. The van der Waals surface area contributed by atoms with Crippen LogP contribution in [0.15, 0.2) is 48.7 Å². The molecule has 144 valence electrons. The van der Waals surface area contributed by atoms with Crippen LogP contribution >= 0.6 is 0 Å². The monoisotopic (exact) mass is 375 g/mol. The average Bonchev–Trinajstić information content (AvgIpc) is 2.96. The predicted octanol–water partition coefficient (Wildman–Crippen LogP) is 4.49. The van der Waals surface area contributed by atoms with Gasteiger partial charge in [0.15, 0.2) is 17.2 Å². The van der Waals surface area contributed by atoms with Gasteiger partial charge in [-0.2, -0.15) is 4.57 Å². The second-order valence-electron chi connectivity index (χ2n) is 7.65. The molecule has 0 bridgehead atoms. The third-order valence-electron chi connectivity index (χ3n) is 5.85. The minimum absolute atomic E-state index is 0.612. The molecule has 0 amide bonds. The summed E-state index contributed by atoms with van der Waals surface area (Å²) < 4.78 is 16.4. The van der Waals surface area contributed by atoms with Crippen molar-refractivity contribution in [2.75, 3.05) is 13.2 Å². The Labute approximate surface area is 166 Å². The van der Waals surface area contributed by atoms with Crippen LogP contribution in [0.5, 0.6) is 11.5 Å². The summed E-state index contributed by atoms with van der Waals surface area (Å²) >= 11 is 0. The van der Waals surface area contributed by atoms with Crippen molar-refractivity contribution in [2.24, 2.45) is 0 Å². The van der Waals surface area contributed by atoms with E-state index in [1.54, 1.807) is 0 Å². The zero-order valence-corrected chi connectivity index (χ0v) is 16.5. The first-order valence-electron chi connectivity index (χ1n) is 10.5. The molecule has 0 unspecified atom stereocenters. The molecule has 1 aromatic heterocycles. The normalized spacial score (nSPS) is 15.8. The zero-order valence-electron chi connectivity index (χ0n) is 16.5. The number of nitrogens with zero attached hydrogens (tertiary/aromatic N) is 2. The number of hydrogen-bond acceptors (Lipinski definition) is 2. The van der Waals surface area contributed by atoms with Crippen molar-refractivity contribution in [2.45, 2.75) is 45.6 Å². The standard InChI is InChI=1S/C24H27N2O2/c1-2-18-7-10-20(11-8-18)26-21(17-25-13-5-3-4-6-24(25)26)19-9-12-22-23(16-19)28-15-14-27-22/h7-12,16-17H,2-6,13-15H2,1H3/q+1. The van der Waals surface area contributed by atoms with E-state index in [0.29, 0.717) is 13.2 Å². The summed E-state index contributed by atoms with van der Waals surface area (Å²) in [7, 11) is 0. The van der Waals surface area contributed by atoms with Crippen LogP contribution in [0.4, 0.5) is 0 Å². The molecule has 28 heavy (non-hydrogen) atoms. The maximum absolute atomic E-state index is 5.84. The van der Waals surface area contributed by atoms with Gasteiger partial charge in [-0.25, -0.2) is 4.57 Å². The van der Waals surface area contributed by atoms with Crippen molar-refractivity contribution < 1.29 is 14.0 Å². The first-order chi connectivity index (χ1) is 13.8. The summed E-state index contributed by atoms with van der Waals surface area (Å²) in [6.45, 7) is 4.53. The highest BCUT2D eigenvalue weighted by atomic mass is 16.6. The average molecular weight is 375 g/mol. The summed E-state index contributed by atoms with van der Waals surface area (Å²) in [6, 6.07) is 15.3. The van der Waals surface area contributed by atoms with E-state index in [2.05, 4.69) is 58.7 Å². The first kappa shape index (κ1) is 17.4. The fourth-order valence-electron chi connectivity index (χ4n) is 4.31. The van der Waals surface area contributed by atoms with Crippen LogP contribution in [-0.4, -0.2) is 17.8 Å². The fraction of sp³-hybridized carbons (Fsp3) is 0.375. The lowest BCUT2D eigenvalue weighted by Gasteiger charge is -2.18. The zero-order chi connectivity index (χ0) is 18.9. The molecule has 4 nitrogen and oxygen atoms in total. The maximum atomic E-state index is 5.84. The minimum Gasteiger partial charge on any atom is -0.486 e. The Kier molecular flexibility index (Phi) is 4.55. The highest BCUT2D eigenvalue weighted by Crippen LogP contribution is 2.35. The smallest absolute Gasteiger partial charge is 0.262 e. The van der Waals surface area contributed by atoms with Crippen molar-refractivity contribution in [1.29, 1.82) is 0 Å². The summed E-state index contributed by atoms with van der Waals surface area (Å²) in [4.78, 5) is 0. The molecule has 0 saturated carbocycles. The molecule has 0 radical (unpaired) electrons. The van der Waals surface area contributed by atoms with E-state index in [-0.39, 0.29) is 0 Å². The molecular formula is C24H27N2O2+. The van der Waals surface area contributed by atoms with Gasteiger partial charge in [0.25, 0.3) is 5.82 Å². The number of aromatic nitrogens is 2. The largest absolute Gasteiger partial charge is 0.486 e. The van der Waals surface area contributed by atoms with Crippen LogP contribution in [0.1, 0.15) is 37.6 Å². The fourth-order valence-corrected chi connectivity index (χ4v) is 4.31. The topological polar surface area (TPSA) is 27.3 Å². The van der Waals surface area contributed by atoms with Crippen LogP contribution in [0.2, 0.25) is 0 Å². The lowest BCUT2D eigenvalue weighted by molar-refractivity contribution is -0.702. The highest BCUT2D eigenvalue weighted by Gasteiger charge is 2.28. The van der Waals surface area contributed by atoms with Gasteiger partial charge in [0.05, 0.1) is 6.54 Å². The molecule has 0 saturated heterocycles. The van der Waals surface area contributed by atoms with Gasteiger partial charge in [0.2, 0.25) is 0 Å². The van der Waals surface area contributed by atoms with Gasteiger partial charge < -0.3 is 9.47 Å². The number of imidazole rings is 1. The number of aryl methyl sites for hydroxylation is 2.